The van der Waals surface area contributed by atoms with Crippen LogP contribution in [0.25, 0.3) is 0 Å². The van der Waals surface area contributed by atoms with Crippen LogP contribution < -0.4 is 0 Å². The third-order valence-corrected chi connectivity index (χ3v) is 3.17. The molecule has 100 valence electrons. The summed E-state index contributed by atoms with van der Waals surface area (Å²) < 4.78 is 9.25. The predicted molar refractivity (Wildman–Crippen MR) is 76.3 cm³/mol. The number of carbonyl (C=O) groups excluding carboxylic acids is 1. The highest BCUT2D eigenvalue weighted by Crippen LogP contribution is 2.26. The number of ether oxygens (including phenoxy) is 1. The average Bonchev–Trinajstić information content (AvgIpc) is 2.35. The lowest BCUT2D eigenvalue weighted by Gasteiger charge is -2.18. The highest BCUT2D eigenvalue weighted by Gasteiger charge is 2.23. The van der Waals surface area contributed by atoms with Gasteiger partial charge in [0, 0.05) is 0 Å². The topological polar surface area (TPSA) is 35.5 Å². The minimum absolute atomic E-state index is 0.302. The van der Waals surface area contributed by atoms with Crippen LogP contribution in [0.3, 0.4) is 0 Å². The normalized spacial score (nSPS) is 11.4. The molecule has 6 heteroatoms. The lowest BCUT2D eigenvalue weighted by molar-refractivity contribution is 0.0496. The van der Waals surface area contributed by atoms with Crippen molar-refractivity contribution >= 4 is 39.7 Å². The summed E-state index contributed by atoms with van der Waals surface area (Å²) >= 11 is 12.0. The second-order valence-electron chi connectivity index (χ2n) is 3.89. The molecule has 1 aromatic carbocycles. The van der Waals surface area contributed by atoms with E-state index in [2.05, 4.69) is 0 Å². The van der Waals surface area contributed by atoms with Crippen molar-refractivity contribution in [2.24, 2.45) is 0 Å². The first kappa shape index (κ1) is 15.5. The number of halogens is 2. The Labute approximate surface area is 120 Å². The smallest absolute Gasteiger partial charge is 0.338 e. The van der Waals surface area contributed by atoms with Gasteiger partial charge in [-0.3, -0.25) is 0 Å². The molecule has 1 aromatic rings. The Kier molecular flexibility index (Phi) is 6.71. The predicted octanol–water partition coefficient (Wildman–Crippen LogP) is 2.09. The van der Waals surface area contributed by atoms with Gasteiger partial charge in [-0.15, -0.1) is 0 Å². The first-order valence-corrected chi connectivity index (χ1v) is 7.21. The van der Waals surface area contributed by atoms with Gasteiger partial charge in [0.2, 0.25) is 0 Å². The molecule has 0 aliphatic carbocycles. The lowest BCUT2D eigenvalue weighted by atomic mass is 10.2. The van der Waals surface area contributed by atoms with Crippen LogP contribution in [0.2, 0.25) is 0 Å². The van der Waals surface area contributed by atoms with Crippen molar-refractivity contribution in [3.05, 3.63) is 35.9 Å². The van der Waals surface area contributed by atoms with E-state index in [9.17, 15) is 4.79 Å². The molecule has 0 atom stereocenters. The second-order valence-corrected chi connectivity index (χ2v) is 6.11. The zero-order chi connectivity index (χ0) is 13.4. The zero-order valence-corrected chi connectivity index (χ0v) is 13.7. The Bertz CT molecular complexity index is 371. The van der Waals surface area contributed by atoms with Crippen LogP contribution in [0, 0.1) is 0 Å². The zero-order valence-electron chi connectivity index (χ0n) is 10.2. The third-order valence-electron chi connectivity index (χ3n) is 2.29. The minimum Gasteiger partial charge on any atom is -0.462 e. The van der Waals surface area contributed by atoms with E-state index in [-0.39, 0.29) is 5.97 Å². The number of alkyl halides is 2. The van der Waals surface area contributed by atoms with Crippen molar-refractivity contribution in [2.75, 3.05) is 13.2 Å². The number of hydrogen-bond acceptors (Lipinski definition) is 3. The standard InChI is InChI=1S/C12H16Cl2O3Si/c13-12(14,9-17-18)7-4-8-16-11(15)10-5-2-1-3-6-10/h1-3,5-6H,4,7-9H2,18H3. The molecule has 0 heterocycles. The van der Waals surface area contributed by atoms with E-state index in [1.807, 2.05) is 6.07 Å². The van der Waals surface area contributed by atoms with Crippen LogP contribution in [0.5, 0.6) is 0 Å². The van der Waals surface area contributed by atoms with Crippen molar-refractivity contribution < 1.29 is 14.0 Å². The van der Waals surface area contributed by atoms with Crippen molar-refractivity contribution in [3.63, 3.8) is 0 Å². The molecule has 0 saturated heterocycles. The van der Waals surface area contributed by atoms with Crippen LogP contribution in [-0.4, -0.2) is 34.0 Å². The second kappa shape index (κ2) is 7.79. The Hall–Kier alpha value is -0.553. The number of esters is 1. The Morgan fingerprint density at radius 1 is 1.28 bits per heavy atom. The minimum atomic E-state index is -0.888. The molecule has 3 nitrogen and oxygen atoms in total. The van der Waals surface area contributed by atoms with Gasteiger partial charge in [0.1, 0.15) is 14.8 Å². The number of hydrogen-bond donors (Lipinski definition) is 0. The van der Waals surface area contributed by atoms with E-state index in [1.165, 1.54) is 0 Å². The van der Waals surface area contributed by atoms with Crippen LogP contribution in [-0.2, 0) is 9.16 Å². The molecule has 0 aliphatic heterocycles. The summed E-state index contributed by atoms with van der Waals surface area (Å²) in [4.78, 5) is 11.6. The molecule has 0 unspecified atom stereocenters. The van der Waals surface area contributed by atoms with Gasteiger partial charge in [0.15, 0.2) is 0 Å². The van der Waals surface area contributed by atoms with Gasteiger partial charge in [-0.1, -0.05) is 41.4 Å². The van der Waals surface area contributed by atoms with Gasteiger partial charge >= 0.3 is 5.97 Å². The fraction of sp³-hybridized carbons (Fsp3) is 0.417. The summed E-state index contributed by atoms with van der Waals surface area (Å²) in [5.74, 6) is -0.329. The Balaban J connectivity index is 2.25. The van der Waals surface area contributed by atoms with Crippen LogP contribution in [0.15, 0.2) is 30.3 Å². The first-order chi connectivity index (χ1) is 8.55. The molecule has 0 fully saturated rings. The molecular formula is C12H16Cl2O3Si. The average molecular weight is 307 g/mol. The molecule has 0 aliphatic rings. The van der Waals surface area contributed by atoms with Gasteiger partial charge in [-0.25, -0.2) is 4.79 Å². The van der Waals surface area contributed by atoms with Crippen molar-refractivity contribution in [1.29, 1.82) is 0 Å². The molecule has 0 radical (unpaired) electrons. The van der Waals surface area contributed by atoms with E-state index in [1.54, 1.807) is 24.3 Å². The summed E-state index contributed by atoms with van der Waals surface area (Å²) in [6.07, 6.45) is 1.14. The molecule has 0 aromatic heterocycles. The maximum atomic E-state index is 11.6. The molecule has 0 spiro atoms. The monoisotopic (exact) mass is 306 g/mol. The SMILES string of the molecule is O=C(OCCCC(Cl)(Cl)CO[SiH3])c1ccccc1. The van der Waals surface area contributed by atoms with Gasteiger partial charge < -0.3 is 9.16 Å². The molecule has 0 amide bonds. The Morgan fingerprint density at radius 3 is 2.56 bits per heavy atom. The van der Waals surface area contributed by atoms with Crippen LogP contribution in [0.4, 0.5) is 0 Å². The largest absolute Gasteiger partial charge is 0.462 e. The summed E-state index contributed by atoms with van der Waals surface area (Å²) in [5, 5.41) is 0. The van der Waals surface area contributed by atoms with Crippen molar-refractivity contribution in [1.82, 2.24) is 0 Å². The maximum Gasteiger partial charge on any atom is 0.338 e. The summed E-state index contributed by atoms with van der Waals surface area (Å²) in [6, 6.07) is 8.86. The van der Waals surface area contributed by atoms with Crippen LogP contribution in [0.1, 0.15) is 23.2 Å². The summed E-state index contributed by atoms with van der Waals surface area (Å²) in [7, 11) is 0.605. The molecular weight excluding hydrogens is 291 g/mol. The molecule has 0 N–H and O–H groups in total. The number of rotatable bonds is 7. The van der Waals surface area contributed by atoms with Crippen molar-refractivity contribution in [2.45, 2.75) is 17.2 Å². The van der Waals surface area contributed by atoms with Gasteiger partial charge in [-0.05, 0) is 25.0 Å². The number of carbonyl (C=O) groups is 1. The summed E-state index contributed by atoms with van der Waals surface area (Å²) in [6.45, 7) is 0.616. The first-order valence-electron chi connectivity index (χ1n) is 5.64. The fourth-order valence-electron chi connectivity index (χ4n) is 1.44. The molecule has 1 rings (SSSR count). The highest BCUT2D eigenvalue weighted by molar-refractivity contribution is 6.48. The van der Waals surface area contributed by atoms with Gasteiger partial charge in [0.05, 0.1) is 18.8 Å². The summed E-state index contributed by atoms with van der Waals surface area (Å²) in [5.41, 5.74) is 0.545. The molecule has 18 heavy (non-hydrogen) atoms. The fourth-order valence-corrected chi connectivity index (χ4v) is 2.78. The van der Waals surface area contributed by atoms with E-state index in [4.69, 9.17) is 32.4 Å². The lowest BCUT2D eigenvalue weighted by Crippen LogP contribution is -2.21. The highest BCUT2D eigenvalue weighted by atomic mass is 35.5. The van der Waals surface area contributed by atoms with Crippen LogP contribution >= 0.6 is 23.2 Å². The van der Waals surface area contributed by atoms with E-state index < -0.39 is 4.33 Å². The maximum absolute atomic E-state index is 11.6. The third kappa shape index (κ3) is 5.86. The van der Waals surface area contributed by atoms with Gasteiger partial charge in [0.25, 0.3) is 0 Å². The van der Waals surface area contributed by atoms with Gasteiger partial charge in [-0.2, -0.15) is 0 Å². The number of benzene rings is 1. The van der Waals surface area contributed by atoms with E-state index in [0.717, 1.165) is 0 Å². The molecule has 0 saturated carbocycles. The van der Waals surface area contributed by atoms with E-state index >= 15 is 0 Å². The van der Waals surface area contributed by atoms with Crippen molar-refractivity contribution in [3.8, 4) is 0 Å². The Morgan fingerprint density at radius 2 is 1.94 bits per heavy atom. The molecule has 0 bridgehead atoms. The quantitative estimate of drug-likeness (QED) is 0.335. The van der Waals surface area contributed by atoms with E-state index in [0.29, 0.717) is 42.1 Å².